The number of fused-ring (bicyclic) bond motifs is 1. The summed E-state index contributed by atoms with van der Waals surface area (Å²) in [6.45, 7) is 0. The van der Waals surface area contributed by atoms with Crippen molar-refractivity contribution in [3.63, 3.8) is 0 Å². The van der Waals surface area contributed by atoms with E-state index in [4.69, 9.17) is 5.73 Å². The molecular weight excluding hydrogens is 186 g/mol. The predicted octanol–water partition coefficient (Wildman–Crippen LogP) is -0.103. The summed E-state index contributed by atoms with van der Waals surface area (Å²) in [4.78, 5) is 11.4. The van der Waals surface area contributed by atoms with E-state index >= 15 is 0 Å². The molecule has 2 aliphatic rings. The molecule has 0 saturated heterocycles. The van der Waals surface area contributed by atoms with Gasteiger partial charge < -0.3 is 5.73 Å². The molecule has 2 saturated carbocycles. The molecule has 13 heavy (non-hydrogen) atoms. The summed E-state index contributed by atoms with van der Waals surface area (Å²) in [6, 6.07) is 0. The summed E-state index contributed by atoms with van der Waals surface area (Å²) in [7, 11) is 0. The second kappa shape index (κ2) is 3.14. The Bertz CT molecular complexity index is 246. The van der Waals surface area contributed by atoms with Gasteiger partial charge in [0.05, 0.1) is 0 Å². The largest absolute Gasteiger partial charge is 0.375 e. The Labute approximate surface area is 82.2 Å². The number of rotatable bonds is 1. The molecule has 2 aliphatic carbocycles. The number of hydrogen-bond donors (Lipinski definition) is 3. The Kier molecular flexibility index (Phi) is 2.11. The number of thiocarbonyl (C=S) groups is 1. The molecular formula is C8H13N3OS. The zero-order valence-electron chi connectivity index (χ0n) is 7.25. The van der Waals surface area contributed by atoms with Crippen molar-refractivity contribution in [3.05, 3.63) is 0 Å². The Hall–Kier alpha value is -0.840. The van der Waals surface area contributed by atoms with Gasteiger partial charge >= 0.3 is 0 Å². The minimum atomic E-state index is 0.0440. The molecule has 0 aliphatic heterocycles. The lowest BCUT2D eigenvalue weighted by Gasteiger charge is -2.06. The highest BCUT2D eigenvalue weighted by Gasteiger charge is 2.56. The predicted molar refractivity (Wildman–Crippen MR) is 52.4 cm³/mol. The van der Waals surface area contributed by atoms with Crippen LogP contribution in [0.2, 0.25) is 0 Å². The van der Waals surface area contributed by atoms with Gasteiger partial charge in [-0.15, -0.1) is 0 Å². The van der Waals surface area contributed by atoms with E-state index in [1.54, 1.807) is 0 Å². The lowest BCUT2D eigenvalue weighted by molar-refractivity contribution is -0.123. The van der Waals surface area contributed by atoms with Crippen molar-refractivity contribution in [1.29, 1.82) is 0 Å². The van der Waals surface area contributed by atoms with Crippen molar-refractivity contribution in [2.45, 2.75) is 19.3 Å². The van der Waals surface area contributed by atoms with Crippen LogP contribution in [0.5, 0.6) is 0 Å². The van der Waals surface area contributed by atoms with E-state index in [2.05, 4.69) is 23.1 Å². The minimum Gasteiger partial charge on any atom is -0.375 e. The highest BCUT2D eigenvalue weighted by Crippen LogP contribution is 2.57. The van der Waals surface area contributed by atoms with Crippen LogP contribution < -0.4 is 16.6 Å². The summed E-state index contributed by atoms with van der Waals surface area (Å²) < 4.78 is 0. The average Bonchev–Trinajstić information content (AvgIpc) is 2.56. The molecule has 2 fully saturated rings. The van der Waals surface area contributed by atoms with Crippen LogP contribution in [0.1, 0.15) is 19.3 Å². The highest BCUT2D eigenvalue weighted by molar-refractivity contribution is 7.80. The minimum absolute atomic E-state index is 0.0440. The van der Waals surface area contributed by atoms with Crippen LogP contribution >= 0.6 is 12.2 Å². The first-order chi connectivity index (χ1) is 6.20. The van der Waals surface area contributed by atoms with Gasteiger partial charge in [0.15, 0.2) is 5.11 Å². The molecule has 0 radical (unpaired) electrons. The molecule has 1 amide bonds. The van der Waals surface area contributed by atoms with E-state index < -0.39 is 0 Å². The van der Waals surface area contributed by atoms with E-state index in [0.29, 0.717) is 11.8 Å². The maximum absolute atomic E-state index is 11.4. The summed E-state index contributed by atoms with van der Waals surface area (Å²) in [5.41, 5.74) is 10.2. The molecule has 72 valence electrons. The van der Waals surface area contributed by atoms with E-state index in [-0.39, 0.29) is 16.9 Å². The van der Waals surface area contributed by atoms with Gasteiger partial charge in [-0.3, -0.25) is 15.6 Å². The van der Waals surface area contributed by atoms with Gasteiger partial charge in [0.25, 0.3) is 0 Å². The van der Waals surface area contributed by atoms with Crippen molar-refractivity contribution in [3.8, 4) is 0 Å². The van der Waals surface area contributed by atoms with E-state index in [0.717, 1.165) is 0 Å². The van der Waals surface area contributed by atoms with Crippen LogP contribution in [0, 0.1) is 17.8 Å². The molecule has 4 N–H and O–H groups in total. The van der Waals surface area contributed by atoms with Crippen molar-refractivity contribution in [2.24, 2.45) is 23.5 Å². The molecule has 0 aromatic heterocycles. The number of carbonyl (C=O) groups excluding carboxylic acids is 1. The second-order valence-corrected chi connectivity index (χ2v) is 4.20. The Morgan fingerprint density at radius 2 is 1.92 bits per heavy atom. The van der Waals surface area contributed by atoms with Gasteiger partial charge in [-0.1, -0.05) is 6.42 Å². The molecule has 2 atom stereocenters. The smallest absolute Gasteiger partial charge is 0.242 e. The van der Waals surface area contributed by atoms with Crippen molar-refractivity contribution < 1.29 is 4.79 Å². The Balaban J connectivity index is 1.77. The van der Waals surface area contributed by atoms with E-state index in [1.165, 1.54) is 19.3 Å². The molecule has 0 bridgehead atoms. The first kappa shape index (κ1) is 8.74. The first-order valence-corrected chi connectivity index (χ1v) is 4.96. The van der Waals surface area contributed by atoms with Crippen LogP contribution in [0.3, 0.4) is 0 Å². The highest BCUT2D eigenvalue weighted by atomic mass is 32.1. The molecule has 0 spiro atoms. The topological polar surface area (TPSA) is 67.2 Å². The van der Waals surface area contributed by atoms with Crippen molar-refractivity contribution >= 4 is 23.2 Å². The Morgan fingerprint density at radius 3 is 2.46 bits per heavy atom. The summed E-state index contributed by atoms with van der Waals surface area (Å²) in [6.07, 6.45) is 3.69. The zero-order valence-corrected chi connectivity index (χ0v) is 8.06. The number of amides is 1. The number of carbonyl (C=O) groups is 1. The third-order valence-corrected chi connectivity index (χ3v) is 3.12. The SMILES string of the molecule is NC(=S)NNC(=O)C1C2CCCC21. The second-order valence-electron chi connectivity index (χ2n) is 3.76. The quantitative estimate of drug-likeness (QED) is 0.407. The third-order valence-electron chi connectivity index (χ3n) is 3.02. The number of hydrazine groups is 1. The summed E-state index contributed by atoms with van der Waals surface area (Å²) in [5, 5.41) is 0.110. The van der Waals surface area contributed by atoms with Gasteiger partial charge in [0, 0.05) is 5.92 Å². The summed E-state index contributed by atoms with van der Waals surface area (Å²) in [5.74, 6) is 1.53. The summed E-state index contributed by atoms with van der Waals surface area (Å²) >= 11 is 4.57. The molecule has 4 nitrogen and oxygen atoms in total. The lowest BCUT2D eigenvalue weighted by Crippen LogP contribution is -2.45. The van der Waals surface area contributed by atoms with E-state index in [9.17, 15) is 4.79 Å². The first-order valence-electron chi connectivity index (χ1n) is 4.55. The number of nitrogens with two attached hydrogens (primary N) is 1. The van der Waals surface area contributed by atoms with Gasteiger partial charge in [0.1, 0.15) is 0 Å². The van der Waals surface area contributed by atoms with Crippen LogP contribution in [0.25, 0.3) is 0 Å². The zero-order chi connectivity index (χ0) is 9.42. The maximum Gasteiger partial charge on any atom is 0.242 e. The monoisotopic (exact) mass is 199 g/mol. The molecule has 0 heterocycles. The van der Waals surface area contributed by atoms with Crippen LogP contribution in [0.4, 0.5) is 0 Å². The average molecular weight is 199 g/mol. The fourth-order valence-electron chi connectivity index (χ4n) is 2.42. The molecule has 2 unspecified atom stereocenters. The van der Waals surface area contributed by atoms with Crippen LogP contribution in [-0.2, 0) is 4.79 Å². The third kappa shape index (κ3) is 1.60. The number of hydrogen-bond acceptors (Lipinski definition) is 2. The maximum atomic E-state index is 11.4. The van der Waals surface area contributed by atoms with Crippen molar-refractivity contribution in [1.82, 2.24) is 10.9 Å². The Morgan fingerprint density at radius 1 is 1.31 bits per heavy atom. The van der Waals surface area contributed by atoms with Crippen LogP contribution in [0.15, 0.2) is 0 Å². The fourth-order valence-corrected chi connectivity index (χ4v) is 2.47. The van der Waals surface area contributed by atoms with Crippen molar-refractivity contribution in [2.75, 3.05) is 0 Å². The lowest BCUT2D eigenvalue weighted by atomic mass is 10.1. The van der Waals surface area contributed by atoms with Gasteiger partial charge in [-0.25, -0.2) is 0 Å². The van der Waals surface area contributed by atoms with Gasteiger partial charge in [0.2, 0.25) is 5.91 Å². The van der Waals surface area contributed by atoms with Gasteiger partial charge in [-0.2, -0.15) is 0 Å². The molecule has 0 aromatic carbocycles. The number of nitrogens with one attached hydrogen (secondary N) is 2. The standard InChI is InChI=1S/C8H13N3OS/c9-8(13)11-10-7(12)6-4-2-1-3-5(4)6/h4-6H,1-3H2,(H,10,12)(H3,9,11,13). The molecule has 5 heteroatoms. The van der Waals surface area contributed by atoms with E-state index in [1.807, 2.05) is 0 Å². The molecule has 2 rings (SSSR count). The fraction of sp³-hybridized carbons (Fsp3) is 0.750. The van der Waals surface area contributed by atoms with Gasteiger partial charge in [-0.05, 0) is 36.9 Å². The van der Waals surface area contributed by atoms with Crippen LogP contribution in [-0.4, -0.2) is 11.0 Å². The molecule has 0 aromatic rings. The normalized spacial score (nSPS) is 34.9.